The Hall–Kier alpha value is -0.650. The lowest BCUT2D eigenvalue weighted by Crippen LogP contribution is -2.57. The van der Waals surface area contributed by atoms with Crippen molar-refractivity contribution in [2.45, 2.75) is 12.1 Å². The summed E-state index contributed by atoms with van der Waals surface area (Å²) in [6.07, 6.45) is -1.06. The third-order valence-corrected chi connectivity index (χ3v) is 1.71. The molecule has 0 radical (unpaired) electrons. The maximum Gasteiger partial charge on any atom is 0.247 e. The van der Waals surface area contributed by atoms with E-state index in [1.54, 1.807) is 0 Å². The van der Waals surface area contributed by atoms with Gasteiger partial charge in [-0.25, -0.2) is 0 Å². The number of primary amides is 1. The average molecular weight is 159 g/mol. The zero-order valence-corrected chi connectivity index (χ0v) is 6.21. The number of carbonyl (C=O) groups is 1. The summed E-state index contributed by atoms with van der Waals surface area (Å²) in [6.45, 7) is 2.04. The summed E-state index contributed by atoms with van der Waals surface area (Å²) in [5.74, 6) is -0.676. The molecule has 0 aromatic rings. The Kier molecular flexibility index (Phi) is 2.81. The Balaban J connectivity index is 2.05. The van der Waals surface area contributed by atoms with E-state index in [1.807, 2.05) is 0 Å². The van der Waals surface area contributed by atoms with Crippen LogP contribution >= 0.6 is 0 Å². The van der Waals surface area contributed by atoms with Crippen LogP contribution < -0.4 is 16.4 Å². The van der Waals surface area contributed by atoms with E-state index in [4.69, 9.17) is 10.8 Å². The molecule has 5 N–H and O–H groups in total. The fraction of sp³-hybridized carbons (Fsp3) is 0.833. The van der Waals surface area contributed by atoms with Crippen molar-refractivity contribution in [1.82, 2.24) is 10.6 Å². The summed E-state index contributed by atoms with van der Waals surface area (Å²) in [6, 6.07) is 0.379. The monoisotopic (exact) mass is 159 g/mol. The largest absolute Gasteiger partial charge is 0.382 e. The SMILES string of the molecule is NC(=O)C(O)CNC1CNC1. The van der Waals surface area contributed by atoms with Gasteiger partial charge in [0.1, 0.15) is 6.10 Å². The molecule has 5 nitrogen and oxygen atoms in total. The van der Waals surface area contributed by atoms with Crippen molar-refractivity contribution >= 4 is 5.91 Å². The molecule has 1 saturated heterocycles. The summed E-state index contributed by atoms with van der Waals surface area (Å²) in [5, 5.41) is 15.0. The first-order chi connectivity index (χ1) is 5.20. The second kappa shape index (κ2) is 3.66. The van der Waals surface area contributed by atoms with Crippen LogP contribution in [0, 0.1) is 0 Å². The average Bonchev–Trinajstić information content (AvgIpc) is 1.83. The summed E-state index contributed by atoms with van der Waals surface area (Å²) in [5.41, 5.74) is 4.84. The number of nitrogens with one attached hydrogen (secondary N) is 2. The summed E-state index contributed by atoms with van der Waals surface area (Å²) >= 11 is 0. The number of carbonyl (C=O) groups excluding carboxylic acids is 1. The molecule has 1 unspecified atom stereocenters. The van der Waals surface area contributed by atoms with E-state index in [2.05, 4.69) is 10.6 Å². The van der Waals surface area contributed by atoms with E-state index >= 15 is 0 Å². The van der Waals surface area contributed by atoms with Crippen molar-refractivity contribution in [3.8, 4) is 0 Å². The molecule has 1 fully saturated rings. The smallest absolute Gasteiger partial charge is 0.247 e. The van der Waals surface area contributed by atoms with Gasteiger partial charge in [0.05, 0.1) is 0 Å². The number of rotatable bonds is 4. The molecule has 0 spiro atoms. The topological polar surface area (TPSA) is 87.4 Å². The Morgan fingerprint density at radius 1 is 1.82 bits per heavy atom. The predicted molar refractivity (Wildman–Crippen MR) is 39.9 cm³/mol. The van der Waals surface area contributed by atoms with Crippen molar-refractivity contribution in [3.05, 3.63) is 0 Å². The normalized spacial score (nSPS) is 20.8. The van der Waals surface area contributed by atoms with Crippen LogP contribution in [0.15, 0.2) is 0 Å². The third kappa shape index (κ3) is 2.45. The first-order valence-corrected chi connectivity index (χ1v) is 3.61. The van der Waals surface area contributed by atoms with Gasteiger partial charge in [-0.05, 0) is 0 Å². The maximum atomic E-state index is 10.3. The Morgan fingerprint density at radius 2 is 2.45 bits per heavy atom. The summed E-state index contributed by atoms with van der Waals surface area (Å²) < 4.78 is 0. The van der Waals surface area contributed by atoms with Gasteiger partial charge in [0.15, 0.2) is 0 Å². The molecule has 0 aromatic carbocycles. The molecule has 1 aliphatic heterocycles. The van der Waals surface area contributed by atoms with Crippen LogP contribution in [-0.4, -0.2) is 42.8 Å². The van der Waals surface area contributed by atoms with Gasteiger partial charge in [0.25, 0.3) is 0 Å². The molecule has 5 heteroatoms. The van der Waals surface area contributed by atoms with Crippen LogP contribution in [-0.2, 0) is 4.79 Å². The highest BCUT2D eigenvalue weighted by Gasteiger charge is 2.18. The molecule has 1 atom stereocenters. The molecule has 1 aliphatic rings. The van der Waals surface area contributed by atoms with Crippen molar-refractivity contribution in [3.63, 3.8) is 0 Å². The minimum atomic E-state index is -1.06. The van der Waals surface area contributed by atoms with Crippen LogP contribution in [0.2, 0.25) is 0 Å². The lowest BCUT2D eigenvalue weighted by Gasteiger charge is -2.28. The third-order valence-electron chi connectivity index (χ3n) is 1.71. The molecule has 0 saturated carbocycles. The van der Waals surface area contributed by atoms with Gasteiger partial charge in [-0.2, -0.15) is 0 Å². The molecule has 0 bridgehead atoms. The predicted octanol–water partition coefficient (Wildman–Crippen LogP) is -2.61. The summed E-state index contributed by atoms with van der Waals surface area (Å²) in [7, 11) is 0. The number of nitrogens with two attached hydrogens (primary N) is 1. The Bertz CT molecular complexity index is 147. The second-order valence-corrected chi connectivity index (χ2v) is 2.68. The number of hydrogen-bond donors (Lipinski definition) is 4. The molecule has 64 valence electrons. The van der Waals surface area contributed by atoms with E-state index in [9.17, 15) is 4.79 Å². The molecule has 0 aromatic heterocycles. The van der Waals surface area contributed by atoms with Gasteiger partial charge in [-0.3, -0.25) is 4.79 Å². The van der Waals surface area contributed by atoms with Gasteiger partial charge in [-0.15, -0.1) is 0 Å². The van der Waals surface area contributed by atoms with Crippen LogP contribution in [0.3, 0.4) is 0 Å². The molecule has 1 amide bonds. The highest BCUT2D eigenvalue weighted by Crippen LogP contribution is 1.90. The van der Waals surface area contributed by atoms with Crippen LogP contribution in [0.5, 0.6) is 0 Å². The zero-order chi connectivity index (χ0) is 8.27. The zero-order valence-electron chi connectivity index (χ0n) is 6.21. The van der Waals surface area contributed by atoms with Crippen molar-refractivity contribution in [2.24, 2.45) is 5.73 Å². The number of hydrogen-bond acceptors (Lipinski definition) is 4. The van der Waals surface area contributed by atoms with Crippen LogP contribution in [0.4, 0.5) is 0 Å². The fourth-order valence-corrected chi connectivity index (χ4v) is 0.812. The van der Waals surface area contributed by atoms with Crippen LogP contribution in [0.1, 0.15) is 0 Å². The highest BCUT2D eigenvalue weighted by atomic mass is 16.3. The van der Waals surface area contributed by atoms with E-state index in [0.29, 0.717) is 6.04 Å². The summed E-state index contributed by atoms with van der Waals surface area (Å²) in [4.78, 5) is 10.3. The Morgan fingerprint density at radius 3 is 2.82 bits per heavy atom. The first-order valence-electron chi connectivity index (χ1n) is 3.61. The molecule has 1 rings (SSSR count). The van der Waals surface area contributed by atoms with E-state index in [1.165, 1.54) is 0 Å². The lowest BCUT2D eigenvalue weighted by atomic mass is 10.2. The van der Waals surface area contributed by atoms with Gasteiger partial charge in [0.2, 0.25) is 5.91 Å². The Labute approximate surface area is 65.0 Å². The minimum Gasteiger partial charge on any atom is -0.382 e. The standard InChI is InChI=1S/C6H13N3O2/c7-6(11)5(10)3-9-4-1-8-2-4/h4-5,8-10H,1-3H2,(H2,7,11). The maximum absolute atomic E-state index is 10.3. The van der Waals surface area contributed by atoms with Crippen molar-refractivity contribution in [2.75, 3.05) is 19.6 Å². The highest BCUT2D eigenvalue weighted by molar-refractivity contribution is 5.78. The van der Waals surface area contributed by atoms with Gasteiger partial charge < -0.3 is 21.5 Å². The van der Waals surface area contributed by atoms with Crippen molar-refractivity contribution in [1.29, 1.82) is 0 Å². The minimum absolute atomic E-state index is 0.252. The van der Waals surface area contributed by atoms with Gasteiger partial charge >= 0.3 is 0 Å². The van der Waals surface area contributed by atoms with E-state index < -0.39 is 12.0 Å². The number of aliphatic hydroxyl groups excluding tert-OH is 1. The fourth-order valence-electron chi connectivity index (χ4n) is 0.812. The first kappa shape index (κ1) is 8.45. The quantitative estimate of drug-likeness (QED) is 0.362. The second-order valence-electron chi connectivity index (χ2n) is 2.68. The van der Waals surface area contributed by atoms with Gasteiger partial charge in [-0.1, -0.05) is 0 Å². The molecular formula is C6H13N3O2. The van der Waals surface area contributed by atoms with E-state index in [-0.39, 0.29) is 6.54 Å². The lowest BCUT2D eigenvalue weighted by molar-refractivity contribution is -0.125. The van der Waals surface area contributed by atoms with Crippen LogP contribution in [0.25, 0.3) is 0 Å². The number of aliphatic hydroxyl groups is 1. The van der Waals surface area contributed by atoms with E-state index in [0.717, 1.165) is 13.1 Å². The van der Waals surface area contributed by atoms with Crippen molar-refractivity contribution < 1.29 is 9.90 Å². The molecule has 11 heavy (non-hydrogen) atoms. The van der Waals surface area contributed by atoms with Gasteiger partial charge in [0, 0.05) is 25.7 Å². The number of amides is 1. The molecular weight excluding hydrogens is 146 g/mol. The molecule has 0 aliphatic carbocycles. The molecule has 1 heterocycles.